The molecule has 0 aromatic heterocycles. The van der Waals surface area contributed by atoms with E-state index in [1.807, 2.05) is 37.3 Å². The van der Waals surface area contributed by atoms with Gasteiger partial charge in [-0.15, -0.1) is 0 Å². The van der Waals surface area contributed by atoms with Crippen LogP contribution in [0.15, 0.2) is 30.3 Å². The second-order valence-electron chi connectivity index (χ2n) is 5.24. The molecule has 0 fully saturated rings. The molecule has 0 aliphatic carbocycles. The number of carboxylic acids is 1. The molecule has 4 nitrogen and oxygen atoms in total. The maximum Gasteiger partial charge on any atom is 0.329 e. The minimum absolute atomic E-state index is 0.190. The monoisotopic (exact) mass is 277 g/mol. The summed E-state index contributed by atoms with van der Waals surface area (Å²) in [6.45, 7) is 5.47. The molecule has 1 unspecified atom stereocenters. The first kappa shape index (κ1) is 16.2. The van der Waals surface area contributed by atoms with Crippen molar-refractivity contribution in [3.8, 4) is 0 Å². The highest BCUT2D eigenvalue weighted by molar-refractivity contribution is 5.85. The fourth-order valence-corrected chi connectivity index (χ4v) is 2.37. The van der Waals surface area contributed by atoms with Gasteiger partial charge >= 0.3 is 5.97 Å². The first-order valence-corrected chi connectivity index (χ1v) is 6.97. The zero-order valence-electron chi connectivity index (χ0n) is 12.4. The number of nitrogens with zero attached hydrogens (tertiary/aromatic N) is 1. The maximum absolute atomic E-state index is 11.8. The number of aliphatic carboxylic acids is 1. The van der Waals surface area contributed by atoms with Crippen LogP contribution in [0.2, 0.25) is 0 Å². The third-order valence-electron chi connectivity index (χ3n) is 3.63. The summed E-state index contributed by atoms with van der Waals surface area (Å²) in [4.78, 5) is 24.9. The van der Waals surface area contributed by atoms with Gasteiger partial charge in [-0.05, 0) is 31.7 Å². The fourth-order valence-electron chi connectivity index (χ4n) is 2.37. The number of carbonyl (C=O) groups is 2. The van der Waals surface area contributed by atoms with E-state index in [1.54, 1.807) is 6.92 Å². The SMILES string of the molecule is CCCN(C(C)=O)C(C)(CCc1ccccc1)C(=O)O. The highest BCUT2D eigenvalue weighted by atomic mass is 16.4. The van der Waals surface area contributed by atoms with Gasteiger partial charge in [0.2, 0.25) is 5.91 Å². The van der Waals surface area contributed by atoms with Gasteiger partial charge in [-0.2, -0.15) is 0 Å². The van der Waals surface area contributed by atoms with Crippen molar-refractivity contribution in [1.29, 1.82) is 0 Å². The predicted molar refractivity (Wildman–Crippen MR) is 78.5 cm³/mol. The number of carbonyl (C=O) groups excluding carboxylic acids is 1. The third-order valence-corrected chi connectivity index (χ3v) is 3.63. The van der Waals surface area contributed by atoms with Crippen molar-refractivity contribution in [2.24, 2.45) is 0 Å². The smallest absolute Gasteiger partial charge is 0.329 e. The van der Waals surface area contributed by atoms with Gasteiger partial charge in [0.25, 0.3) is 0 Å². The number of hydrogen-bond acceptors (Lipinski definition) is 2. The summed E-state index contributed by atoms with van der Waals surface area (Å²) < 4.78 is 0. The Morgan fingerprint density at radius 3 is 2.30 bits per heavy atom. The van der Waals surface area contributed by atoms with Gasteiger partial charge in [-0.25, -0.2) is 4.79 Å². The molecule has 0 saturated carbocycles. The minimum Gasteiger partial charge on any atom is -0.480 e. The Labute approximate surface area is 120 Å². The van der Waals surface area contributed by atoms with Crippen LogP contribution < -0.4 is 0 Å². The molecule has 0 saturated heterocycles. The standard InChI is InChI=1S/C16H23NO3/c1-4-12-17(13(2)18)16(3,15(19)20)11-10-14-8-6-5-7-9-14/h5-9H,4,10-12H2,1-3H3,(H,19,20). The summed E-state index contributed by atoms with van der Waals surface area (Å²) in [5.74, 6) is -1.14. The second-order valence-corrected chi connectivity index (χ2v) is 5.24. The number of amides is 1. The van der Waals surface area contributed by atoms with Crippen LogP contribution in [0.3, 0.4) is 0 Å². The molecule has 110 valence electrons. The van der Waals surface area contributed by atoms with Gasteiger partial charge in [0, 0.05) is 13.5 Å². The van der Waals surface area contributed by atoms with E-state index in [0.717, 1.165) is 12.0 Å². The van der Waals surface area contributed by atoms with Gasteiger partial charge in [-0.1, -0.05) is 37.3 Å². The molecule has 1 rings (SSSR count). The average Bonchev–Trinajstić information content (AvgIpc) is 2.42. The summed E-state index contributed by atoms with van der Waals surface area (Å²) in [5, 5.41) is 9.56. The minimum atomic E-state index is -1.16. The fraction of sp³-hybridized carbons (Fsp3) is 0.500. The molecule has 0 radical (unpaired) electrons. The Bertz CT molecular complexity index is 458. The van der Waals surface area contributed by atoms with Crippen LogP contribution in [0, 0.1) is 0 Å². The van der Waals surface area contributed by atoms with Crippen LogP contribution in [0.5, 0.6) is 0 Å². The quantitative estimate of drug-likeness (QED) is 0.833. The number of hydrogen-bond donors (Lipinski definition) is 1. The van der Waals surface area contributed by atoms with E-state index in [1.165, 1.54) is 11.8 Å². The van der Waals surface area contributed by atoms with Crippen LogP contribution >= 0.6 is 0 Å². The Morgan fingerprint density at radius 1 is 1.25 bits per heavy atom. The Hall–Kier alpha value is -1.84. The number of aryl methyl sites for hydroxylation is 1. The molecule has 1 N–H and O–H groups in total. The molecule has 20 heavy (non-hydrogen) atoms. The molecule has 1 amide bonds. The van der Waals surface area contributed by atoms with Gasteiger partial charge in [0.15, 0.2) is 0 Å². The van der Waals surface area contributed by atoms with E-state index < -0.39 is 11.5 Å². The van der Waals surface area contributed by atoms with Crippen molar-refractivity contribution in [1.82, 2.24) is 4.90 Å². The molecule has 1 aromatic rings. The number of carboxylic acid groups (broad SMARTS) is 1. The molecule has 0 heterocycles. The summed E-state index contributed by atoms with van der Waals surface area (Å²) in [5.41, 5.74) is -0.0718. The van der Waals surface area contributed by atoms with Crippen molar-refractivity contribution in [3.63, 3.8) is 0 Å². The van der Waals surface area contributed by atoms with Crippen LogP contribution in [-0.4, -0.2) is 34.0 Å². The number of benzene rings is 1. The predicted octanol–water partition coefficient (Wildman–Crippen LogP) is 2.72. The molecule has 0 spiro atoms. The summed E-state index contributed by atoms with van der Waals surface area (Å²) in [6.07, 6.45) is 1.79. The number of rotatable bonds is 7. The Kier molecular flexibility index (Phi) is 5.74. The van der Waals surface area contributed by atoms with E-state index >= 15 is 0 Å². The zero-order valence-corrected chi connectivity index (χ0v) is 12.4. The Morgan fingerprint density at radius 2 is 1.85 bits per heavy atom. The van der Waals surface area contributed by atoms with E-state index in [-0.39, 0.29) is 5.91 Å². The van der Waals surface area contributed by atoms with Crippen LogP contribution in [0.4, 0.5) is 0 Å². The van der Waals surface area contributed by atoms with Crippen LogP contribution in [0.1, 0.15) is 39.2 Å². The lowest BCUT2D eigenvalue weighted by molar-refractivity contribution is -0.158. The van der Waals surface area contributed by atoms with E-state index in [9.17, 15) is 14.7 Å². The van der Waals surface area contributed by atoms with Gasteiger partial charge in [0.1, 0.15) is 5.54 Å². The van der Waals surface area contributed by atoms with Crippen molar-refractivity contribution >= 4 is 11.9 Å². The van der Waals surface area contributed by atoms with Gasteiger partial charge in [-0.3, -0.25) is 4.79 Å². The lowest BCUT2D eigenvalue weighted by Crippen LogP contribution is -2.55. The molecule has 4 heteroatoms. The molecular formula is C16H23NO3. The van der Waals surface area contributed by atoms with Crippen molar-refractivity contribution < 1.29 is 14.7 Å². The third kappa shape index (κ3) is 3.83. The van der Waals surface area contributed by atoms with Crippen molar-refractivity contribution in [2.45, 2.75) is 45.6 Å². The molecule has 1 aromatic carbocycles. The molecular weight excluding hydrogens is 254 g/mol. The first-order chi connectivity index (χ1) is 9.41. The van der Waals surface area contributed by atoms with Crippen LogP contribution in [0.25, 0.3) is 0 Å². The van der Waals surface area contributed by atoms with E-state index in [2.05, 4.69) is 0 Å². The normalized spacial score (nSPS) is 13.6. The highest BCUT2D eigenvalue weighted by Crippen LogP contribution is 2.23. The van der Waals surface area contributed by atoms with E-state index in [4.69, 9.17) is 0 Å². The lowest BCUT2D eigenvalue weighted by Gasteiger charge is -2.37. The molecule has 1 atom stereocenters. The zero-order chi connectivity index (χ0) is 15.2. The Balaban J connectivity index is 2.90. The molecule has 0 aliphatic heterocycles. The topological polar surface area (TPSA) is 57.6 Å². The summed E-state index contributed by atoms with van der Waals surface area (Å²) in [7, 11) is 0. The maximum atomic E-state index is 11.8. The summed E-state index contributed by atoms with van der Waals surface area (Å²) in [6, 6.07) is 9.74. The van der Waals surface area contributed by atoms with Crippen molar-refractivity contribution in [2.75, 3.05) is 6.54 Å². The lowest BCUT2D eigenvalue weighted by atomic mass is 9.91. The molecule has 0 bridgehead atoms. The van der Waals surface area contributed by atoms with Gasteiger partial charge in [0.05, 0.1) is 0 Å². The first-order valence-electron chi connectivity index (χ1n) is 6.97. The second kappa shape index (κ2) is 7.08. The van der Waals surface area contributed by atoms with Gasteiger partial charge < -0.3 is 10.0 Å². The summed E-state index contributed by atoms with van der Waals surface area (Å²) >= 11 is 0. The van der Waals surface area contributed by atoms with Crippen LogP contribution in [-0.2, 0) is 16.0 Å². The largest absolute Gasteiger partial charge is 0.480 e. The average molecular weight is 277 g/mol. The van der Waals surface area contributed by atoms with E-state index in [0.29, 0.717) is 19.4 Å². The highest BCUT2D eigenvalue weighted by Gasteiger charge is 2.40. The molecule has 0 aliphatic rings. The van der Waals surface area contributed by atoms with Crippen molar-refractivity contribution in [3.05, 3.63) is 35.9 Å².